The number of hydrogen-bond acceptors (Lipinski definition) is 4. The van der Waals surface area contributed by atoms with Crippen LogP contribution in [0.1, 0.15) is 11.3 Å². The third-order valence-electron chi connectivity index (χ3n) is 1.93. The van der Waals surface area contributed by atoms with E-state index in [2.05, 4.69) is 16.0 Å². The topological polar surface area (TPSA) is 49.6 Å². The second-order valence-electron chi connectivity index (χ2n) is 3.23. The molecule has 0 bridgehead atoms. The van der Waals surface area contributed by atoms with E-state index in [4.69, 9.17) is 5.26 Å². The molecule has 0 aromatic carbocycles. The molecule has 0 fully saturated rings. The van der Waals surface area contributed by atoms with Gasteiger partial charge in [0, 0.05) is 23.0 Å². The second kappa shape index (κ2) is 4.77. The minimum atomic E-state index is 0.643. The first-order chi connectivity index (χ1) is 7.78. The maximum absolute atomic E-state index is 8.86. The summed E-state index contributed by atoms with van der Waals surface area (Å²) in [5, 5.41) is 9.69. The molecule has 0 unspecified atom stereocenters. The number of aryl methyl sites for hydroxylation is 1. The van der Waals surface area contributed by atoms with Crippen LogP contribution in [0.3, 0.4) is 0 Å². The molecule has 2 aromatic heterocycles. The van der Waals surface area contributed by atoms with E-state index < -0.39 is 0 Å². The van der Waals surface area contributed by atoms with Crippen molar-refractivity contribution in [2.75, 3.05) is 0 Å². The van der Waals surface area contributed by atoms with Gasteiger partial charge in [-0.05, 0) is 31.2 Å². The van der Waals surface area contributed by atoms with Crippen LogP contribution < -0.4 is 0 Å². The van der Waals surface area contributed by atoms with Crippen molar-refractivity contribution in [1.82, 2.24) is 9.97 Å². The van der Waals surface area contributed by atoms with Crippen LogP contribution >= 0.6 is 11.8 Å². The van der Waals surface area contributed by atoms with Crippen LogP contribution in [0.15, 0.2) is 46.6 Å². The number of nitrogens with zero attached hydrogens (tertiary/aromatic N) is 3. The van der Waals surface area contributed by atoms with Gasteiger partial charge in [-0.25, -0.2) is 4.98 Å². The first kappa shape index (κ1) is 10.7. The Morgan fingerprint density at radius 3 is 2.69 bits per heavy atom. The van der Waals surface area contributed by atoms with Gasteiger partial charge >= 0.3 is 0 Å². The molecule has 2 aromatic rings. The Morgan fingerprint density at radius 1 is 1.25 bits per heavy atom. The summed E-state index contributed by atoms with van der Waals surface area (Å²) in [4.78, 5) is 9.39. The maximum Gasteiger partial charge on any atom is 0.102 e. The molecule has 3 nitrogen and oxygen atoms in total. The Balaban J connectivity index is 2.29. The molecule has 4 heteroatoms. The molecule has 2 heterocycles. The molecule has 0 saturated heterocycles. The van der Waals surface area contributed by atoms with Crippen molar-refractivity contribution in [3.05, 3.63) is 47.9 Å². The molecule has 0 spiro atoms. The van der Waals surface area contributed by atoms with E-state index in [0.717, 1.165) is 15.6 Å². The molecule has 16 heavy (non-hydrogen) atoms. The van der Waals surface area contributed by atoms with E-state index in [1.807, 2.05) is 19.1 Å². The van der Waals surface area contributed by atoms with Gasteiger partial charge in [-0.3, -0.25) is 4.98 Å². The lowest BCUT2D eigenvalue weighted by Crippen LogP contribution is -1.87. The van der Waals surface area contributed by atoms with E-state index in [1.165, 1.54) is 11.8 Å². The lowest BCUT2D eigenvalue weighted by atomic mass is 10.2. The largest absolute Gasteiger partial charge is 0.265 e. The molecule has 2 rings (SSSR count). The Morgan fingerprint density at radius 2 is 2.00 bits per heavy atom. The summed E-state index contributed by atoms with van der Waals surface area (Å²) in [7, 11) is 0. The highest BCUT2D eigenvalue weighted by molar-refractivity contribution is 7.99. The third-order valence-corrected chi connectivity index (χ3v) is 2.86. The Labute approximate surface area is 98.2 Å². The van der Waals surface area contributed by atoms with Gasteiger partial charge in [-0.15, -0.1) is 0 Å². The van der Waals surface area contributed by atoms with Crippen LogP contribution in [-0.2, 0) is 0 Å². The first-order valence-electron chi connectivity index (χ1n) is 4.74. The molecular formula is C12H9N3S. The standard InChI is InChI=1S/C12H9N3S/c1-9-6-10(8-13)7-12(15-9)16-11-2-4-14-5-3-11/h2-7H,1H3. The predicted molar refractivity (Wildman–Crippen MR) is 62.0 cm³/mol. The number of hydrogen-bond donors (Lipinski definition) is 0. The fraction of sp³-hybridized carbons (Fsp3) is 0.0833. The van der Waals surface area contributed by atoms with Crippen LogP contribution in [0.2, 0.25) is 0 Å². The first-order valence-corrected chi connectivity index (χ1v) is 5.56. The van der Waals surface area contributed by atoms with E-state index in [-0.39, 0.29) is 0 Å². The van der Waals surface area contributed by atoms with E-state index in [9.17, 15) is 0 Å². The Hall–Kier alpha value is -1.86. The lowest BCUT2D eigenvalue weighted by Gasteiger charge is -2.02. The van der Waals surface area contributed by atoms with Crippen LogP contribution in [0.25, 0.3) is 0 Å². The van der Waals surface area contributed by atoms with Gasteiger partial charge in [0.25, 0.3) is 0 Å². The number of nitriles is 1. The summed E-state index contributed by atoms with van der Waals surface area (Å²) in [5.41, 5.74) is 1.50. The smallest absolute Gasteiger partial charge is 0.102 e. The number of aromatic nitrogens is 2. The van der Waals surface area contributed by atoms with Gasteiger partial charge in [-0.2, -0.15) is 5.26 Å². The van der Waals surface area contributed by atoms with E-state index in [1.54, 1.807) is 24.5 Å². The van der Waals surface area contributed by atoms with Crippen LogP contribution in [0.4, 0.5) is 0 Å². The van der Waals surface area contributed by atoms with Crippen LogP contribution in [-0.4, -0.2) is 9.97 Å². The molecule has 0 aliphatic heterocycles. The zero-order valence-electron chi connectivity index (χ0n) is 8.71. The Bertz CT molecular complexity index is 532. The molecule has 0 aliphatic carbocycles. The summed E-state index contributed by atoms with van der Waals surface area (Å²) in [5.74, 6) is 0. The van der Waals surface area contributed by atoms with E-state index >= 15 is 0 Å². The average molecular weight is 227 g/mol. The minimum absolute atomic E-state index is 0.643. The van der Waals surface area contributed by atoms with Gasteiger partial charge in [-0.1, -0.05) is 11.8 Å². The number of pyridine rings is 2. The van der Waals surface area contributed by atoms with E-state index in [0.29, 0.717) is 5.56 Å². The molecular weight excluding hydrogens is 218 g/mol. The van der Waals surface area contributed by atoms with Crippen molar-refractivity contribution >= 4 is 11.8 Å². The van der Waals surface area contributed by atoms with Crippen molar-refractivity contribution in [2.45, 2.75) is 16.8 Å². The SMILES string of the molecule is Cc1cc(C#N)cc(Sc2ccncc2)n1. The Kier molecular flexibility index (Phi) is 3.18. The zero-order valence-corrected chi connectivity index (χ0v) is 9.53. The molecule has 78 valence electrons. The highest BCUT2D eigenvalue weighted by Gasteiger charge is 2.02. The summed E-state index contributed by atoms with van der Waals surface area (Å²) in [6.07, 6.45) is 3.48. The van der Waals surface area contributed by atoms with Crippen molar-refractivity contribution in [3.8, 4) is 6.07 Å². The lowest BCUT2D eigenvalue weighted by molar-refractivity contribution is 1.06. The van der Waals surface area contributed by atoms with Crippen molar-refractivity contribution in [2.24, 2.45) is 0 Å². The van der Waals surface area contributed by atoms with Crippen LogP contribution in [0, 0.1) is 18.3 Å². The maximum atomic E-state index is 8.86. The monoisotopic (exact) mass is 227 g/mol. The van der Waals surface area contributed by atoms with Gasteiger partial charge in [0.1, 0.15) is 5.03 Å². The summed E-state index contributed by atoms with van der Waals surface area (Å²) >= 11 is 1.53. The number of rotatable bonds is 2. The summed E-state index contributed by atoms with van der Waals surface area (Å²) in [6.45, 7) is 1.89. The quantitative estimate of drug-likeness (QED) is 0.791. The molecule has 0 N–H and O–H groups in total. The van der Waals surface area contributed by atoms with Crippen molar-refractivity contribution < 1.29 is 0 Å². The molecule has 0 saturated carbocycles. The summed E-state index contributed by atoms with van der Waals surface area (Å²) in [6, 6.07) is 9.53. The predicted octanol–water partition coefficient (Wildman–Crippen LogP) is 2.81. The average Bonchev–Trinajstić information content (AvgIpc) is 2.29. The van der Waals surface area contributed by atoms with Crippen molar-refractivity contribution in [1.29, 1.82) is 5.26 Å². The minimum Gasteiger partial charge on any atom is -0.265 e. The fourth-order valence-electron chi connectivity index (χ4n) is 1.28. The van der Waals surface area contributed by atoms with Gasteiger partial charge < -0.3 is 0 Å². The van der Waals surface area contributed by atoms with Gasteiger partial charge in [0.15, 0.2) is 0 Å². The van der Waals surface area contributed by atoms with Crippen molar-refractivity contribution in [3.63, 3.8) is 0 Å². The third kappa shape index (κ3) is 2.59. The molecule has 0 radical (unpaired) electrons. The zero-order chi connectivity index (χ0) is 11.4. The van der Waals surface area contributed by atoms with Crippen LogP contribution in [0.5, 0.6) is 0 Å². The normalized spacial score (nSPS) is 9.75. The second-order valence-corrected chi connectivity index (χ2v) is 4.33. The fourth-order valence-corrected chi connectivity index (χ4v) is 2.16. The highest BCUT2D eigenvalue weighted by atomic mass is 32.2. The highest BCUT2D eigenvalue weighted by Crippen LogP contribution is 2.26. The molecule has 0 aliphatic rings. The summed E-state index contributed by atoms with van der Waals surface area (Å²) < 4.78 is 0. The molecule has 0 atom stereocenters. The van der Waals surface area contributed by atoms with Gasteiger partial charge in [0.2, 0.25) is 0 Å². The van der Waals surface area contributed by atoms with Gasteiger partial charge in [0.05, 0.1) is 11.6 Å². The molecule has 0 amide bonds.